The van der Waals surface area contributed by atoms with Crippen LogP contribution in [0.2, 0.25) is 0 Å². The Kier molecular flexibility index (Phi) is 3.55. The van der Waals surface area contributed by atoms with E-state index in [9.17, 15) is 14.7 Å². The molecule has 2 heterocycles. The van der Waals surface area contributed by atoms with Gasteiger partial charge in [0.2, 0.25) is 5.91 Å². The molecule has 2 fully saturated rings. The number of rotatable bonds is 3. The molecule has 0 aliphatic carbocycles. The van der Waals surface area contributed by atoms with Gasteiger partial charge >= 0.3 is 5.97 Å². The number of hydrogen-bond donors (Lipinski definition) is 2. The molecule has 0 spiro atoms. The van der Waals surface area contributed by atoms with Crippen LogP contribution in [-0.2, 0) is 19.1 Å². The van der Waals surface area contributed by atoms with Crippen molar-refractivity contribution in [1.29, 1.82) is 0 Å². The first-order valence-corrected chi connectivity index (χ1v) is 6.22. The molecule has 7 heteroatoms. The van der Waals surface area contributed by atoms with Crippen molar-refractivity contribution in [1.82, 2.24) is 4.90 Å². The lowest BCUT2D eigenvalue weighted by molar-refractivity contribution is -0.288. The van der Waals surface area contributed by atoms with Crippen LogP contribution in [0.5, 0.6) is 0 Å². The summed E-state index contributed by atoms with van der Waals surface area (Å²) in [6.07, 6.45) is -0.0412. The molecule has 2 rings (SSSR count). The van der Waals surface area contributed by atoms with Crippen LogP contribution in [0.25, 0.3) is 0 Å². The third kappa shape index (κ3) is 2.58. The first-order chi connectivity index (χ1) is 8.80. The highest BCUT2D eigenvalue weighted by atomic mass is 16.7. The number of ether oxygens (including phenoxy) is 2. The van der Waals surface area contributed by atoms with Crippen LogP contribution < -0.4 is 0 Å². The average molecular weight is 273 g/mol. The maximum atomic E-state index is 12.0. The van der Waals surface area contributed by atoms with Gasteiger partial charge in [-0.05, 0) is 13.8 Å². The summed E-state index contributed by atoms with van der Waals surface area (Å²) in [6.45, 7) is 3.53. The van der Waals surface area contributed by atoms with E-state index in [0.29, 0.717) is 0 Å². The fourth-order valence-corrected chi connectivity index (χ4v) is 2.36. The molecule has 1 unspecified atom stereocenters. The Morgan fingerprint density at radius 3 is 2.42 bits per heavy atom. The topological polar surface area (TPSA) is 96.3 Å². The molecule has 0 saturated carbocycles. The van der Waals surface area contributed by atoms with Gasteiger partial charge in [-0.1, -0.05) is 0 Å². The first-order valence-electron chi connectivity index (χ1n) is 6.22. The molecule has 0 radical (unpaired) electrons. The highest BCUT2D eigenvalue weighted by molar-refractivity contribution is 5.86. The number of carboxylic acid groups (broad SMARTS) is 1. The Morgan fingerprint density at radius 1 is 1.42 bits per heavy atom. The predicted octanol–water partition coefficient (Wildman–Crippen LogP) is -0.566. The number of aliphatic hydroxyl groups is 1. The molecule has 108 valence electrons. The number of aliphatic hydroxyl groups excluding tert-OH is 1. The Labute approximate surface area is 111 Å². The summed E-state index contributed by atoms with van der Waals surface area (Å²) < 4.78 is 11.0. The minimum absolute atomic E-state index is 0.0412. The molecule has 7 nitrogen and oxygen atoms in total. The zero-order valence-electron chi connectivity index (χ0n) is 11.1. The molecular formula is C12H19NO6. The molecule has 0 aromatic rings. The van der Waals surface area contributed by atoms with Crippen molar-refractivity contribution in [2.45, 2.75) is 31.6 Å². The Bertz CT molecular complexity index is 384. The quantitative estimate of drug-likeness (QED) is 0.715. The molecule has 0 aromatic carbocycles. The van der Waals surface area contributed by atoms with Gasteiger partial charge in [-0.2, -0.15) is 0 Å². The van der Waals surface area contributed by atoms with Crippen molar-refractivity contribution in [3.63, 3.8) is 0 Å². The molecule has 19 heavy (non-hydrogen) atoms. The molecule has 0 bridgehead atoms. The predicted molar refractivity (Wildman–Crippen MR) is 63.3 cm³/mol. The minimum atomic E-state index is -0.998. The number of amides is 1. The van der Waals surface area contributed by atoms with Crippen LogP contribution in [0.1, 0.15) is 20.3 Å². The number of aliphatic carboxylic acids is 1. The Hall–Kier alpha value is -1.18. The van der Waals surface area contributed by atoms with Crippen LogP contribution >= 0.6 is 0 Å². The Balaban J connectivity index is 2.14. The van der Waals surface area contributed by atoms with E-state index < -0.39 is 23.2 Å². The van der Waals surface area contributed by atoms with Gasteiger partial charge in [0.05, 0.1) is 25.7 Å². The van der Waals surface area contributed by atoms with E-state index in [2.05, 4.69) is 0 Å². The molecule has 2 N–H and O–H groups in total. The van der Waals surface area contributed by atoms with Gasteiger partial charge < -0.3 is 24.6 Å². The monoisotopic (exact) mass is 273 g/mol. The normalized spacial score (nSPS) is 29.5. The standard InChI is InChI=1S/C12H19NO6/c1-11(2)18-6-12(5-14,7-19-11)13-4-8(10(16)17)3-9(13)15/h8,14H,3-7H2,1-2H3,(H,16,17). The molecule has 1 amide bonds. The summed E-state index contributed by atoms with van der Waals surface area (Å²) in [5, 5.41) is 18.6. The summed E-state index contributed by atoms with van der Waals surface area (Å²) >= 11 is 0. The second-order valence-electron chi connectivity index (χ2n) is 5.60. The van der Waals surface area contributed by atoms with Gasteiger partial charge in [-0.3, -0.25) is 9.59 Å². The number of carbonyl (C=O) groups excluding carboxylic acids is 1. The van der Waals surface area contributed by atoms with E-state index >= 15 is 0 Å². The lowest BCUT2D eigenvalue weighted by Crippen LogP contribution is -2.63. The van der Waals surface area contributed by atoms with E-state index in [0.717, 1.165) is 0 Å². The molecular weight excluding hydrogens is 254 g/mol. The Morgan fingerprint density at radius 2 is 2.00 bits per heavy atom. The van der Waals surface area contributed by atoms with Crippen molar-refractivity contribution in [3.05, 3.63) is 0 Å². The van der Waals surface area contributed by atoms with E-state index in [1.165, 1.54) is 4.90 Å². The van der Waals surface area contributed by atoms with Gasteiger partial charge in [0.15, 0.2) is 5.79 Å². The number of hydrogen-bond acceptors (Lipinski definition) is 5. The maximum absolute atomic E-state index is 12.0. The molecule has 1 atom stereocenters. The van der Waals surface area contributed by atoms with Crippen molar-refractivity contribution < 1.29 is 29.3 Å². The van der Waals surface area contributed by atoms with Gasteiger partial charge in [-0.15, -0.1) is 0 Å². The van der Waals surface area contributed by atoms with Crippen LogP contribution in [-0.4, -0.2) is 64.7 Å². The van der Waals surface area contributed by atoms with E-state index in [-0.39, 0.29) is 38.7 Å². The second-order valence-corrected chi connectivity index (χ2v) is 5.60. The van der Waals surface area contributed by atoms with E-state index in [1.54, 1.807) is 13.8 Å². The molecule has 2 saturated heterocycles. The lowest BCUT2D eigenvalue weighted by atomic mass is 9.99. The highest BCUT2D eigenvalue weighted by Crippen LogP contribution is 2.32. The zero-order chi connectivity index (χ0) is 14.3. The fraction of sp³-hybridized carbons (Fsp3) is 0.833. The van der Waals surface area contributed by atoms with Crippen LogP contribution in [0.15, 0.2) is 0 Å². The van der Waals surface area contributed by atoms with Crippen molar-refractivity contribution in [2.75, 3.05) is 26.4 Å². The van der Waals surface area contributed by atoms with Crippen molar-refractivity contribution in [2.24, 2.45) is 5.92 Å². The van der Waals surface area contributed by atoms with Gasteiger partial charge in [0.1, 0.15) is 5.54 Å². The summed E-state index contributed by atoms with van der Waals surface area (Å²) in [4.78, 5) is 24.3. The molecule has 2 aliphatic rings. The van der Waals surface area contributed by atoms with Crippen molar-refractivity contribution in [3.8, 4) is 0 Å². The molecule has 2 aliphatic heterocycles. The number of likely N-dealkylation sites (tertiary alicyclic amines) is 1. The number of carbonyl (C=O) groups is 2. The number of nitrogens with zero attached hydrogens (tertiary/aromatic N) is 1. The van der Waals surface area contributed by atoms with Gasteiger partial charge in [0.25, 0.3) is 0 Å². The second kappa shape index (κ2) is 4.73. The smallest absolute Gasteiger partial charge is 0.308 e. The molecule has 0 aromatic heterocycles. The summed E-state index contributed by atoms with van der Waals surface area (Å²) in [5.74, 6) is -2.77. The number of carboxylic acids is 1. The zero-order valence-corrected chi connectivity index (χ0v) is 11.1. The maximum Gasteiger partial charge on any atom is 0.308 e. The van der Waals surface area contributed by atoms with Gasteiger partial charge in [-0.25, -0.2) is 0 Å². The average Bonchev–Trinajstić information content (AvgIpc) is 2.73. The van der Waals surface area contributed by atoms with Gasteiger partial charge in [0, 0.05) is 13.0 Å². The largest absolute Gasteiger partial charge is 0.481 e. The summed E-state index contributed by atoms with van der Waals surface area (Å²) in [6, 6.07) is 0. The third-order valence-electron chi connectivity index (χ3n) is 3.72. The van der Waals surface area contributed by atoms with Crippen LogP contribution in [0.3, 0.4) is 0 Å². The summed E-state index contributed by atoms with van der Waals surface area (Å²) in [7, 11) is 0. The first kappa shape index (κ1) is 14.2. The summed E-state index contributed by atoms with van der Waals surface area (Å²) in [5.41, 5.74) is -0.975. The minimum Gasteiger partial charge on any atom is -0.481 e. The SMILES string of the molecule is CC1(C)OCC(CO)(N2CC(C(=O)O)CC2=O)CO1. The van der Waals surface area contributed by atoms with E-state index in [4.69, 9.17) is 14.6 Å². The lowest BCUT2D eigenvalue weighted by Gasteiger charge is -2.47. The highest BCUT2D eigenvalue weighted by Gasteiger charge is 2.50. The van der Waals surface area contributed by atoms with Crippen LogP contribution in [0, 0.1) is 5.92 Å². The van der Waals surface area contributed by atoms with Crippen LogP contribution in [0.4, 0.5) is 0 Å². The van der Waals surface area contributed by atoms with Crippen molar-refractivity contribution >= 4 is 11.9 Å². The third-order valence-corrected chi connectivity index (χ3v) is 3.72. The van der Waals surface area contributed by atoms with E-state index in [1.807, 2.05) is 0 Å². The fourth-order valence-electron chi connectivity index (χ4n) is 2.36.